The molecule has 0 bridgehead atoms. The van der Waals surface area contributed by atoms with Crippen molar-refractivity contribution in [3.63, 3.8) is 0 Å². The van der Waals surface area contributed by atoms with Crippen LogP contribution in [0.2, 0.25) is 0 Å². The van der Waals surface area contributed by atoms with E-state index in [4.69, 9.17) is 25.5 Å². The number of hydrogen-bond donors (Lipinski definition) is 5. The van der Waals surface area contributed by atoms with E-state index in [0.29, 0.717) is 0 Å². The number of hydrogen-bond acceptors (Lipinski definition) is 8. The van der Waals surface area contributed by atoms with Crippen LogP contribution in [0.15, 0.2) is 0 Å². The number of rotatable bonds is 16. The summed E-state index contributed by atoms with van der Waals surface area (Å²) >= 11 is 0. The van der Waals surface area contributed by atoms with Crippen LogP contribution >= 0.6 is 0 Å². The molecule has 0 aromatic rings. The Kier molecular flexibility index (Phi) is 32.3. The topological polar surface area (TPSA) is 196 Å². The molecule has 0 aliphatic heterocycles. The van der Waals surface area contributed by atoms with E-state index in [9.17, 15) is 24.0 Å². The average molecular weight is 522 g/mol. The van der Waals surface area contributed by atoms with Gasteiger partial charge in [-0.2, -0.15) is 0 Å². The maximum absolute atomic E-state index is 11.0. The van der Waals surface area contributed by atoms with Gasteiger partial charge in [0.1, 0.15) is 0 Å². The fourth-order valence-corrected chi connectivity index (χ4v) is 2.22. The minimum absolute atomic E-state index is 0. The molecule has 0 saturated heterocycles. The van der Waals surface area contributed by atoms with E-state index in [1.165, 1.54) is 4.90 Å². The summed E-state index contributed by atoms with van der Waals surface area (Å²) in [6, 6.07) is 0. The van der Waals surface area contributed by atoms with Crippen molar-refractivity contribution < 1.29 is 155 Å². The van der Waals surface area contributed by atoms with Crippen LogP contribution in [0.25, 0.3) is 0 Å². The third-order valence-electron chi connectivity index (χ3n) is 3.26. The van der Waals surface area contributed by atoms with Gasteiger partial charge in [-0.1, -0.05) is 0 Å². The molecule has 163 valence electrons. The Labute approximate surface area is 255 Å². The molecule has 0 unspecified atom stereocenters. The fraction of sp³-hybridized carbons (Fsp3) is 0.643. The van der Waals surface area contributed by atoms with Gasteiger partial charge in [-0.3, -0.25) is 38.7 Å². The van der Waals surface area contributed by atoms with Crippen molar-refractivity contribution in [1.29, 1.82) is 0 Å². The minimum atomic E-state index is -1.24. The van der Waals surface area contributed by atoms with Crippen LogP contribution in [0.3, 0.4) is 0 Å². The monoisotopic (exact) mass is 522 g/mol. The predicted molar refractivity (Wildman–Crippen MR) is 87.5 cm³/mol. The first-order valence-electron chi connectivity index (χ1n) is 7.75. The second-order valence-corrected chi connectivity index (χ2v) is 5.67. The van der Waals surface area contributed by atoms with E-state index >= 15 is 0 Å². The third-order valence-corrected chi connectivity index (χ3v) is 3.26. The molecule has 5 N–H and O–H groups in total. The first-order chi connectivity index (χ1) is 12.5. The zero-order valence-corrected chi connectivity index (χ0v) is 24.9. The van der Waals surface area contributed by atoms with E-state index in [1.807, 2.05) is 0 Å². The standard InChI is InChI=1S/C14H23N3O10.Co.3Na/c18-10(19)5-15(1-3-16(6-11(20)21)7-12(22)23)2-4-17(8-13(24)25)9-14(26)27;;;;/h1-9H2,(H,18,19)(H,20,21)(H,22,23)(H,24,25)(H,26,27);;;;/q;;3*+1/i;1+1;;;. The molecule has 0 fully saturated rings. The Morgan fingerprint density at radius 2 is 0.581 bits per heavy atom. The Morgan fingerprint density at radius 1 is 0.419 bits per heavy atom. The van der Waals surface area contributed by atoms with Gasteiger partial charge < -0.3 is 25.5 Å². The quantitative estimate of drug-likeness (QED) is 0.120. The van der Waals surface area contributed by atoms with Gasteiger partial charge in [0.25, 0.3) is 0 Å². The zero-order valence-electron chi connectivity index (χ0n) is 17.8. The van der Waals surface area contributed by atoms with Crippen LogP contribution in [-0.4, -0.2) is 129 Å². The third kappa shape index (κ3) is 26.9. The summed E-state index contributed by atoms with van der Waals surface area (Å²) in [7, 11) is 0. The van der Waals surface area contributed by atoms with E-state index < -0.39 is 62.6 Å². The Bertz CT molecular complexity index is 502. The second-order valence-electron chi connectivity index (χ2n) is 5.67. The van der Waals surface area contributed by atoms with Crippen molar-refractivity contribution in [1.82, 2.24) is 14.7 Å². The van der Waals surface area contributed by atoms with Crippen molar-refractivity contribution in [3.05, 3.63) is 0 Å². The summed E-state index contributed by atoms with van der Waals surface area (Å²) in [5, 5.41) is 44.1. The number of aliphatic carboxylic acids is 5. The molecule has 13 nitrogen and oxygen atoms in total. The molecule has 0 aliphatic carbocycles. The van der Waals surface area contributed by atoms with Crippen LogP contribution in [0, 0.1) is 0 Å². The molecular weight excluding hydrogens is 499 g/mol. The molecule has 0 aliphatic rings. The molecule has 0 spiro atoms. The van der Waals surface area contributed by atoms with Crippen molar-refractivity contribution in [3.8, 4) is 0 Å². The largest absolute Gasteiger partial charge is 1.00 e. The van der Waals surface area contributed by atoms with Crippen LogP contribution < -0.4 is 88.7 Å². The van der Waals surface area contributed by atoms with Gasteiger partial charge in [0.2, 0.25) is 0 Å². The molecule has 0 rings (SSSR count). The summed E-state index contributed by atoms with van der Waals surface area (Å²) in [4.78, 5) is 57.6. The summed E-state index contributed by atoms with van der Waals surface area (Å²) in [6.07, 6.45) is 0. The van der Waals surface area contributed by atoms with Crippen molar-refractivity contribution in [2.45, 2.75) is 0 Å². The summed E-state index contributed by atoms with van der Waals surface area (Å²) in [6.45, 7) is -2.74. The average Bonchev–Trinajstić information content (AvgIpc) is 2.46. The van der Waals surface area contributed by atoms with Crippen molar-refractivity contribution in [2.75, 3.05) is 58.9 Å². The number of carbonyl (C=O) groups is 5. The molecule has 0 aromatic heterocycles. The van der Waals surface area contributed by atoms with E-state index in [1.54, 1.807) is 0 Å². The molecule has 0 saturated carbocycles. The predicted octanol–water partition coefficient (Wildman–Crippen LogP) is -11.7. The smallest absolute Gasteiger partial charge is 0.480 e. The first kappa shape index (κ1) is 41.9. The van der Waals surface area contributed by atoms with Crippen LogP contribution in [-0.2, 0) is 40.8 Å². The van der Waals surface area contributed by atoms with Crippen molar-refractivity contribution in [2.24, 2.45) is 0 Å². The van der Waals surface area contributed by atoms with E-state index in [0.717, 1.165) is 9.80 Å². The maximum Gasteiger partial charge on any atom is 1.00 e. The van der Waals surface area contributed by atoms with Crippen LogP contribution in [0.4, 0.5) is 0 Å². The van der Waals surface area contributed by atoms with Crippen molar-refractivity contribution >= 4 is 29.8 Å². The van der Waals surface area contributed by atoms with Gasteiger partial charge in [-0.15, -0.1) is 0 Å². The molecule has 17 heteroatoms. The van der Waals surface area contributed by atoms with Gasteiger partial charge in [-0.25, -0.2) is 0 Å². The minimum Gasteiger partial charge on any atom is -0.480 e. The van der Waals surface area contributed by atoms with Gasteiger partial charge in [0.15, 0.2) is 0 Å². The van der Waals surface area contributed by atoms with E-state index in [-0.39, 0.29) is 132 Å². The molecular formula is C14H23CoN3Na3O10+3. The molecule has 0 heterocycles. The Morgan fingerprint density at radius 3 is 0.774 bits per heavy atom. The van der Waals surface area contributed by atoms with Gasteiger partial charge >= 0.3 is 119 Å². The summed E-state index contributed by atoms with van der Waals surface area (Å²) in [5.74, 6) is -6.16. The van der Waals surface area contributed by atoms with Gasteiger partial charge in [0, 0.05) is 43.0 Å². The number of carboxylic acid groups (broad SMARTS) is 5. The fourth-order valence-electron chi connectivity index (χ4n) is 2.22. The summed E-state index contributed by atoms with van der Waals surface area (Å²) < 4.78 is 0. The second kappa shape index (κ2) is 23.9. The SMILES string of the molecule is O=C(O)CN(CCN(CC(=O)O)CC(=O)O)CCN(CC(=O)O)CC(=O)O.[60Co].[Na+].[Na+].[Na+]. The number of nitrogens with zero attached hydrogens (tertiary/aromatic N) is 3. The van der Waals surface area contributed by atoms with Gasteiger partial charge in [0.05, 0.1) is 32.7 Å². The maximum atomic E-state index is 11.0. The summed E-state index contributed by atoms with van der Waals surface area (Å²) in [5.41, 5.74) is 0. The van der Waals surface area contributed by atoms with Crippen LogP contribution in [0.1, 0.15) is 0 Å². The normalized spacial score (nSPS) is 9.65. The molecule has 1 radical (unpaired) electrons. The first-order valence-corrected chi connectivity index (χ1v) is 7.75. The van der Waals surface area contributed by atoms with Crippen LogP contribution in [0.5, 0.6) is 0 Å². The Balaban J connectivity index is -0.000000563. The molecule has 0 amide bonds. The van der Waals surface area contributed by atoms with Gasteiger partial charge in [-0.05, 0) is 0 Å². The zero-order chi connectivity index (χ0) is 21.0. The Hall–Kier alpha value is 0.736. The molecule has 0 atom stereocenters. The van der Waals surface area contributed by atoms with E-state index in [2.05, 4.69) is 0 Å². The molecule has 0 aromatic carbocycles. The number of carboxylic acids is 5. The molecule has 31 heavy (non-hydrogen) atoms.